The van der Waals surface area contributed by atoms with Crippen LogP contribution in [0.25, 0.3) is 16.8 Å². The highest BCUT2D eigenvalue weighted by Gasteiger charge is 2.44. The van der Waals surface area contributed by atoms with E-state index in [1.165, 1.54) is 27.7 Å². The lowest BCUT2D eigenvalue weighted by Crippen LogP contribution is -2.33. The number of aromatic nitrogens is 5. The maximum Gasteiger partial charge on any atom is 0.259 e. The molecule has 10 nitrogen and oxygen atoms in total. The lowest BCUT2D eigenvalue weighted by molar-refractivity contribution is -0.0511. The van der Waals surface area contributed by atoms with E-state index < -0.39 is 31.1 Å². The van der Waals surface area contributed by atoms with E-state index in [1.807, 2.05) is 0 Å². The Morgan fingerprint density at radius 3 is 2.68 bits per heavy atom. The topological polar surface area (TPSA) is 135 Å². The number of hydrogen-bond donors (Lipinski definition) is 3. The molecule has 25 heavy (non-hydrogen) atoms. The van der Waals surface area contributed by atoms with Crippen molar-refractivity contribution in [2.45, 2.75) is 30.4 Å². The third kappa shape index (κ3) is 2.41. The summed E-state index contributed by atoms with van der Waals surface area (Å²) >= 11 is 5.77. The summed E-state index contributed by atoms with van der Waals surface area (Å²) in [5.41, 5.74) is 0.982. The smallest absolute Gasteiger partial charge is 0.259 e. The Balaban J connectivity index is 1.89. The van der Waals surface area contributed by atoms with Gasteiger partial charge in [0.15, 0.2) is 23.0 Å². The molecule has 3 N–H and O–H groups in total. The largest absolute Gasteiger partial charge is 0.394 e. The molecule has 4 atom stereocenters. The van der Waals surface area contributed by atoms with Crippen molar-refractivity contribution in [3.63, 3.8) is 0 Å². The van der Waals surface area contributed by atoms with Crippen molar-refractivity contribution in [1.82, 2.24) is 23.9 Å². The number of halogens is 1. The molecule has 0 aliphatic carbocycles. The van der Waals surface area contributed by atoms with Gasteiger partial charge in [-0.05, 0) is 0 Å². The predicted octanol–water partition coefficient (Wildman–Crippen LogP) is -1.21. The van der Waals surface area contributed by atoms with E-state index >= 15 is 0 Å². The Hall–Kier alpha value is -2.11. The molecular formula is C14H14ClN5O5. The van der Waals surface area contributed by atoms with E-state index in [0.29, 0.717) is 16.9 Å². The highest BCUT2D eigenvalue weighted by molar-refractivity contribution is 6.16. The number of rotatable bonds is 3. The minimum absolute atomic E-state index is 0.0745. The van der Waals surface area contributed by atoms with E-state index in [-0.39, 0.29) is 17.1 Å². The van der Waals surface area contributed by atoms with Crippen LogP contribution in [0.1, 0.15) is 11.9 Å². The Labute approximate surface area is 144 Å². The number of ether oxygens (including phenoxy) is 1. The van der Waals surface area contributed by atoms with E-state index in [0.717, 1.165) is 0 Å². The second-order valence-corrected chi connectivity index (χ2v) is 5.98. The molecule has 4 rings (SSSR count). The Kier molecular flexibility index (Phi) is 3.93. The van der Waals surface area contributed by atoms with E-state index in [9.17, 15) is 20.1 Å². The molecule has 0 radical (unpaired) electrons. The summed E-state index contributed by atoms with van der Waals surface area (Å²) in [5, 5.41) is 29.3. The van der Waals surface area contributed by atoms with Crippen LogP contribution in [0.5, 0.6) is 0 Å². The van der Waals surface area contributed by atoms with Gasteiger partial charge in [0.25, 0.3) is 5.56 Å². The first kappa shape index (κ1) is 16.4. The first-order valence-corrected chi connectivity index (χ1v) is 8.01. The predicted molar refractivity (Wildman–Crippen MR) is 85.1 cm³/mol. The van der Waals surface area contributed by atoms with E-state index in [4.69, 9.17) is 16.3 Å². The standard InChI is InChI=1S/C14H14ClN5O5/c15-2-6-1-8(22)19-5-17-12-9(13(19)18-6)16-4-20(12)14-11(24)10(23)7(3-21)25-14/h1,4-5,7,10-11,14,21,23-24H,2-3H2. The third-order valence-electron chi connectivity index (χ3n) is 4.21. The Morgan fingerprint density at radius 2 is 2.00 bits per heavy atom. The molecule has 1 aliphatic rings. The first-order valence-electron chi connectivity index (χ1n) is 7.47. The van der Waals surface area contributed by atoms with Crippen molar-refractivity contribution < 1.29 is 20.1 Å². The third-order valence-corrected chi connectivity index (χ3v) is 4.48. The van der Waals surface area contributed by atoms with Crippen LogP contribution >= 0.6 is 11.6 Å². The molecule has 11 heteroatoms. The van der Waals surface area contributed by atoms with Crippen LogP contribution in [0.3, 0.4) is 0 Å². The van der Waals surface area contributed by atoms with Crippen molar-refractivity contribution >= 4 is 28.4 Å². The quantitative estimate of drug-likeness (QED) is 0.491. The zero-order valence-electron chi connectivity index (χ0n) is 12.7. The minimum atomic E-state index is -1.27. The van der Waals surface area contributed by atoms with E-state index in [2.05, 4.69) is 15.0 Å². The molecule has 3 aromatic rings. The summed E-state index contributed by atoms with van der Waals surface area (Å²) in [5.74, 6) is 0.0745. The number of nitrogens with zero attached hydrogens (tertiary/aromatic N) is 5. The number of fused-ring (bicyclic) bond motifs is 3. The second kappa shape index (κ2) is 6.00. The van der Waals surface area contributed by atoms with Crippen LogP contribution in [0.4, 0.5) is 0 Å². The van der Waals surface area contributed by atoms with Gasteiger partial charge in [0.1, 0.15) is 24.6 Å². The van der Waals surface area contributed by atoms with Gasteiger partial charge in [-0.2, -0.15) is 0 Å². The van der Waals surface area contributed by atoms with Gasteiger partial charge < -0.3 is 20.1 Å². The van der Waals surface area contributed by atoms with Crippen LogP contribution in [-0.4, -0.2) is 64.2 Å². The molecule has 0 amide bonds. The van der Waals surface area contributed by atoms with Crippen LogP contribution in [0.2, 0.25) is 0 Å². The summed E-state index contributed by atoms with van der Waals surface area (Å²) in [6.45, 7) is -0.437. The zero-order chi connectivity index (χ0) is 17.7. The van der Waals surface area contributed by atoms with Crippen LogP contribution in [0, 0.1) is 0 Å². The highest BCUT2D eigenvalue weighted by atomic mass is 35.5. The first-order chi connectivity index (χ1) is 12.0. The molecule has 0 saturated carbocycles. The molecule has 1 saturated heterocycles. The Bertz CT molecular complexity index is 1000. The summed E-state index contributed by atoms with van der Waals surface area (Å²) < 4.78 is 8.16. The van der Waals surface area contributed by atoms with E-state index in [1.54, 1.807) is 0 Å². The molecule has 3 aromatic heterocycles. The molecule has 0 aromatic carbocycles. The van der Waals surface area contributed by atoms with Gasteiger partial charge in [-0.3, -0.25) is 9.36 Å². The summed E-state index contributed by atoms with van der Waals surface area (Å²) in [6.07, 6.45) is -1.73. The van der Waals surface area contributed by atoms with Crippen LogP contribution in [0.15, 0.2) is 23.5 Å². The molecule has 4 unspecified atom stereocenters. The number of imidazole rings is 1. The van der Waals surface area contributed by atoms with Gasteiger partial charge in [0.05, 0.1) is 24.5 Å². The SMILES string of the molecule is O=c1cc(CCl)nc2c3ncn(C4OC(CO)C(O)C4O)c3ncn12. The average molecular weight is 368 g/mol. The second-order valence-electron chi connectivity index (χ2n) is 5.71. The number of aliphatic hydroxyl groups excluding tert-OH is 3. The fourth-order valence-corrected chi connectivity index (χ4v) is 3.07. The molecule has 132 valence electrons. The summed E-state index contributed by atoms with van der Waals surface area (Å²) in [6, 6.07) is 1.32. The van der Waals surface area contributed by atoms with Gasteiger partial charge in [-0.15, -0.1) is 11.6 Å². The van der Waals surface area contributed by atoms with Gasteiger partial charge in [0.2, 0.25) is 0 Å². The molecule has 1 aliphatic heterocycles. The fraction of sp³-hybridized carbons (Fsp3) is 0.429. The summed E-state index contributed by atoms with van der Waals surface area (Å²) in [7, 11) is 0. The van der Waals surface area contributed by atoms with Gasteiger partial charge in [-0.25, -0.2) is 19.4 Å². The van der Waals surface area contributed by atoms with Crippen molar-refractivity contribution in [2.24, 2.45) is 0 Å². The number of aliphatic hydroxyl groups is 3. The zero-order valence-corrected chi connectivity index (χ0v) is 13.5. The summed E-state index contributed by atoms with van der Waals surface area (Å²) in [4.78, 5) is 24.8. The molecule has 1 fully saturated rings. The highest BCUT2D eigenvalue weighted by Crippen LogP contribution is 2.31. The number of hydrogen-bond acceptors (Lipinski definition) is 8. The lowest BCUT2D eigenvalue weighted by atomic mass is 10.1. The van der Waals surface area contributed by atoms with Crippen LogP contribution < -0.4 is 5.56 Å². The lowest BCUT2D eigenvalue weighted by Gasteiger charge is -2.16. The maximum atomic E-state index is 12.1. The fourth-order valence-electron chi connectivity index (χ4n) is 2.93. The van der Waals surface area contributed by atoms with Crippen molar-refractivity contribution in [3.05, 3.63) is 34.8 Å². The minimum Gasteiger partial charge on any atom is -0.394 e. The molecular weight excluding hydrogens is 354 g/mol. The average Bonchev–Trinajstić information content (AvgIpc) is 3.16. The normalized spacial score (nSPS) is 26.7. The van der Waals surface area contributed by atoms with Gasteiger partial charge in [-0.1, -0.05) is 0 Å². The maximum absolute atomic E-state index is 12.1. The van der Waals surface area contributed by atoms with Crippen LogP contribution in [-0.2, 0) is 10.6 Å². The molecule has 0 spiro atoms. The van der Waals surface area contributed by atoms with Gasteiger partial charge >= 0.3 is 0 Å². The number of alkyl halides is 1. The Morgan fingerprint density at radius 1 is 1.20 bits per heavy atom. The van der Waals surface area contributed by atoms with Crippen molar-refractivity contribution in [3.8, 4) is 0 Å². The molecule has 4 heterocycles. The monoisotopic (exact) mass is 367 g/mol. The van der Waals surface area contributed by atoms with Crippen molar-refractivity contribution in [1.29, 1.82) is 0 Å². The molecule has 0 bridgehead atoms. The van der Waals surface area contributed by atoms with Gasteiger partial charge in [0, 0.05) is 6.07 Å². The van der Waals surface area contributed by atoms with Crippen molar-refractivity contribution in [2.75, 3.05) is 6.61 Å².